The second kappa shape index (κ2) is 6.47. The van der Waals surface area contributed by atoms with Crippen LogP contribution < -0.4 is 10.9 Å². The zero-order chi connectivity index (χ0) is 17.4. The molecule has 5 heteroatoms. The van der Waals surface area contributed by atoms with E-state index in [1.807, 2.05) is 6.92 Å². The highest BCUT2D eigenvalue weighted by molar-refractivity contribution is 5.93. The van der Waals surface area contributed by atoms with Gasteiger partial charge in [-0.25, -0.2) is 4.98 Å². The van der Waals surface area contributed by atoms with E-state index in [9.17, 15) is 9.59 Å². The minimum atomic E-state index is -0.374. The summed E-state index contributed by atoms with van der Waals surface area (Å²) < 4.78 is 0. The van der Waals surface area contributed by atoms with Crippen molar-refractivity contribution < 1.29 is 4.79 Å². The minimum absolute atomic E-state index is 0.0780. The molecule has 2 aromatic rings. The molecule has 2 N–H and O–H groups in total. The van der Waals surface area contributed by atoms with Gasteiger partial charge in [0, 0.05) is 12.1 Å². The van der Waals surface area contributed by atoms with E-state index in [4.69, 9.17) is 0 Å². The Labute approximate surface area is 146 Å². The summed E-state index contributed by atoms with van der Waals surface area (Å²) in [6.07, 6.45) is 8.26. The fourth-order valence-corrected chi connectivity index (χ4v) is 3.52. The second-order valence-electron chi connectivity index (χ2n) is 7.22. The standard InChI is InChI=1S/C20H23N3O2/c1-12(15-9-6-13-4-2-3-5-16(13)10-15)22-19(24)17-11-21-18(14-7-8-14)23-20(17)25/h6,9-12,14H,2-5,7-8H2,1H3,(H,22,24)(H,21,23,25)/t12-/m0/s1. The first kappa shape index (κ1) is 16.1. The number of fused-ring (bicyclic) bond motifs is 1. The number of aryl methyl sites for hydroxylation is 2. The molecule has 1 fully saturated rings. The quantitative estimate of drug-likeness (QED) is 0.900. The molecule has 0 spiro atoms. The van der Waals surface area contributed by atoms with Crippen molar-refractivity contribution in [3.05, 3.63) is 62.8 Å². The summed E-state index contributed by atoms with van der Waals surface area (Å²) in [6.45, 7) is 1.95. The van der Waals surface area contributed by atoms with E-state index in [-0.39, 0.29) is 23.1 Å². The zero-order valence-electron chi connectivity index (χ0n) is 14.5. The van der Waals surface area contributed by atoms with Crippen molar-refractivity contribution in [1.29, 1.82) is 0 Å². The molecule has 0 bridgehead atoms. The van der Waals surface area contributed by atoms with Crippen LogP contribution in [-0.2, 0) is 12.8 Å². The summed E-state index contributed by atoms with van der Waals surface area (Å²) in [5.74, 6) is 0.685. The summed E-state index contributed by atoms with van der Waals surface area (Å²) in [7, 11) is 0. The van der Waals surface area contributed by atoms with Gasteiger partial charge >= 0.3 is 0 Å². The smallest absolute Gasteiger partial charge is 0.263 e. The third-order valence-electron chi connectivity index (χ3n) is 5.25. The molecular formula is C20H23N3O2. The van der Waals surface area contributed by atoms with Crippen LogP contribution >= 0.6 is 0 Å². The predicted molar refractivity (Wildman–Crippen MR) is 95.8 cm³/mol. The van der Waals surface area contributed by atoms with E-state index >= 15 is 0 Å². The van der Waals surface area contributed by atoms with E-state index in [1.54, 1.807) is 0 Å². The van der Waals surface area contributed by atoms with Gasteiger partial charge in [-0.1, -0.05) is 18.2 Å². The van der Waals surface area contributed by atoms with E-state index in [0.29, 0.717) is 11.7 Å². The molecule has 0 radical (unpaired) electrons. The Hall–Kier alpha value is -2.43. The van der Waals surface area contributed by atoms with E-state index in [1.165, 1.54) is 30.2 Å². The van der Waals surface area contributed by atoms with Gasteiger partial charge in [0.05, 0.1) is 6.04 Å². The van der Waals surface area contributed by atoms with Crippen LogP contribution in [0.2, 0.25) is 0 Å². The summed E-state index contributed by atoms with van der Waals surface area (Å²) in [6, 6.07) is 6.29. The van der Waals surface area contributed by atoms with Gasteiger partial charge in [-0.15, -0.1) is 0 Å². The van der Waals surface area contributed by atoms with Crippen molar-refractivity contribution in [2.24, 2.45) is 0 Å². The molecule has 1 aromatic heterocycles. The largest absolute Gasteiger partial charge is 0.345 e. The number of aromatic amines is 1. The maximum atomic E-state index is 12.5. The fourth-order valence-electron chi connectivity index (χ4n) is 3.52. The molecule has 0 saturated heterocycles. The normalized spacial score (nSPS) is 17.6. The van der Waals surface area contributed by atoms with E-state index in [2.05, 4.69) is 33.5 Å². The van der Waals surface area contributed by atoms with Crippen LogP contribution in [0.1, 0.15) is 77.4 Å². The highest BCUT2D eigenvalue weighted by Crippen LogP contribution is 2.37. The SMILES string of the molecule is C[C@H](NC(=O)c1cnc(C2CC2)[nH]c1=O)c1ccc2c(c1)CCCC2. The van der Waals surface area contributed by atoms with Crippen LogP contribution in [0.25, 0.3) is 0 Å². The molecule has 0 unspecified atom stereocenters. The minimum Gasteiger partial charge on any atom is -0.345 e. The van der Waals surface area contributed by atoms with Crippen LogP contribution in [0.4, 0.5) is 0 Å². The number of carbonyl (C=O) groups excluding carboxylic acids is 1. The number of amides is 1. The molecule has 4 rings (SSSR count). The highest BCUT2D eigenvalue weighted by atomic mass is 16.2. The number of benzene rings is 1. The number of carbonyl (C=O) groups is 1. The lowest BCUT2D eigenvalue weighted by Gasteiger charge is -2.20. The Morgan fingerprint density at radius 1 is 1.24 bits per heavy atom. The molecular weight excluding hydrogens is 314 g/mol. The average Bonchev–Trinajstić information content (AvgIpc) is 3.46. The van der Waals surface area contributed by atoms with Crippen LogP contribution in [0, 0.1) is 0 Å². The molecule has 2 aliphatic rings. The van der Waals surface area contributed by atoms with Crippen molar-refractivity contribution in [2.75, 3.05) is 0 Å². The molecule has 1 atom stereocenters. The number of nitrogens with zero attached hydrogens (tertiary/aromatic N) is 1. The van der Waals surface area contributed by atoms with Gasteiger partial charge in [-0.3, -0.25) is 9.59 Å². The second-order valence-corrected chi connectivity index (χ2v) is 7.22. The van der Waals surface area contributed by atoms with Crippen molar-refractivity contribution >= 4 is 5.91 Å². The predicted octanol–water partition coefficient (Wildman–Crippen LogP) is 3.02. The number of H-pyrrole nitrogens is 1. The number of hydrogen-bond acceptors (Lipinski definition) is 3. The van der Waals surface area contributed by atoms with E-state index < -0.39 is 0 Å². The van der Waals surface area contributed by atoms with Crippen LogP contribution in [0.5, 0.6) is 0 Å². The lowest BCUT2D eigenvalue weighted by Crippen LogP contribution is -2.32. The van der Waals surface area contributed by atoms with Gasteiger partial charge in [-0.2, -0.15) is 0 Å². The van der Waals surface area contributed by atoms with Gasteiger partial charge in [0.15, 0.2) is 0 Å². The highest BCUT2D eigenvalue weighted by Gasteiger charge is 2.27. The molecule has 1 amide bonds. The van der Waals surface area contributed by atoms with Crippen LogP contribution in [0.15, 0.2) is 29.2 Å². The Balaban J connectivity index is 1.49. The average molecular weight is 337 g/mol. The first-order valence-corrected chi connectivity index (χ1v) is 9.13. The zero-order valence-corrected chi connectivity index (χ0v) is 14.5. The number of rotatable bonds is 4. The lowest BCUT2D eigenvalue weighted by atomic mass is 9.89. The molecule has 2 aliphatic carbocycles. The Kier molecular flexibility index (Phi) is 4.15. The van der Waals surface area contributed by atoms with Gasteiger partial charge in [0.1, 0.15) is 11.4 Å². The summed E-state index contributed by atoms with van der Waals surface area (Å²) >= 11 is 0. The Bertz CT molecular complexity index is 867. The number of nitrogens with one attached hydrogen (secondary N) is 2. The maximum Gasteiger partial charge on any atom is 0.263 e. The molecule has 1 heterocycles. The van der Waals surface area contributed by atoms with Gasteiger partial charge in [0.25, 0.3) is 11.5 Å². The Morgan fingerprint density at radius 3 is 2.72 bits per heavy atom. The van der Waals surface area contributed by atoms with Crippen molar-refractivity contribution in [2.45, 2.75) is 57.4 Å². The molecule has 130 valence electrons. The fraction of sp³-hybridized carbons (Fsp3) is 0.450. The maximum absolute atomic E-state index is 12.5. The third-order valence-corrected chi connectivity index (χ3v) is 5.25. The lowest BCUT2D eigenvalue weighted by molar-refractivity contribution is 0.0938. The van der Waals surface area contributed by atoms with Gasteiger partial charge in [-0.05, 0) is 62.1 Å². The first-order chi connectivity index (χ1) is 12.1. The molecule has 1 aromatic carbocycles. The van der Waals surface area contributed by atoms with Crippen molar-refractivity contribution in [3.8, 4) is 0 Å². The molecule has 0 aliphatic heterocycles. The Morgan fingerprint density at radius 2 is 2.00 bits per heavy atom. The number of aromatic nitrogens is 2. The van der Waals surface area contributed by atoms with Crippen LogP contribution in [-0.4, -0.2) is 15.9 Å². The summed E-state index contributed by atoms with van der Waals surface area (Å²) in [5, 5.41) is 2.93. The van der Waals surface area contributed by atoms with E-state index in [0.717, 1.165) is 31.2 Å². The third kappa shape index (κ3) is 3.36. The van der Waals surface area contributed by atoms with Gasteiger partial charge < -0.3 is 10.3 Å². The molecule has 5 nitrogen and oxygen atoms in total. The monoisotopic (exact) mass is 337 g/mol. The van der Waals surface area contributed by atoms with Crippen molar-refractivity contribution in [3.63, 3.8) is 0 Å². The first-order valence-electron chi connectivity index (χ1n) is 9.13. The number of hydrogen-bond donors (Lipinski definition) is 2. The molecule has 1 saturated carbocycles. The topological polar surface area (TPSA) is 74.8 Å². The van der Waals surface area contributed by atoms with Gasteiger partial charge in [0.2, 0.25) is 0 Å². The summed E-state index contributed by atoms with van der Waals surface area (Å²) in [5.41, 5.74) is 3.61. The summed E-state index contributed by atoms with van der Waals surface area (Å²) in [4.78, 5) is 31.6. The molecule has 25 heavy (non-hydrogen) atoms. The van der Waals surface area contributed by atoms with Crippen LogP contribution in [0.3, 0.4) is 0 Å². The van der Waals surface area contributed by atoms with Crippen molar-refractivity contribution in [1.82, 2.24) is 15.3 Å².